The van der Waals surface area contributed by atoms with Gasteiger partial charge in [0.15, 0.2) is 0 Å². The first kappa shape index (κ1) is 11.2. The van der Waals surface area contributed by atoms with Crippen LogP contribution in [0.1, 0.15) is 42.9 Å². The highest BCUT2D eigenvalue weighted by Crippen LogP contribution is 2.35. The average molecular weight is 268 g/mol. The van der Waals surface area contributed by atoms with Gasteiger partial charge < -0.3 is 5.73 Å². The van der Waals surface area contributed by atoms with E-state index in [4.69, 9.17) is 5.73 Å². The molecular weight excluding hydrogens is 250 g/mol. The van der Waals surface area contributed by atoms with Gasteiger partial charge in [-0.15, -0.1) is 0 Å². The molecule has 0 aromatic heterocycles. The molecular formula is C13H18BrN. The van der Waals surface area contributed by atoms with Crippen LogP contribution in [0.2, 0.25) is 0 Å². The quantitative estimate of drug-likeness (QED) is 0.882. The summed E-state index contributed by atoms with van der Waals surface area (Å²) in [6.07, 6.45) is 5.28. The summed E-state index contributed by atoms with van der Waals surface area (Å²) in [5, 5.41) is 0. The molecule has 1 fully saturated rings. The number of halogens is 1. The lowest BCUT2D eigenvalue weighted by Gasteiger charge is -2.28. The van der Waals surface area contributed by atoms with Gasteiger partial charge in [-0.05, 0) is 30.9 Å². The molecule has 1 aliphatic rings. The van der Waals surface area contributed by atoms with Crippen molar-refractivity contribution in [3.05, 3.63) is 33.8 Å². The summed E-state index contributed by atoms with van der Waals surface area (Å²) in [6.45, 7) is 2.12. The van der Waals surface area contributed by atoms with Crippen molar-refractivity contribution in [2.75, 3.05) is 0 Å². The van der Waals surface area contributed by atoms with E-state index in [1.165, 1.54) is 30.4 Å². The summed E-state index contributed by atoms with van der Waals surface area (Å²) in [4.78, 5) is 0. The van der Waals surface area contributed by atoms with Crippen LogP contribution in [0.15, 0.2) is 22.7 Å². The van der Waals surface area contributed by atoms with Crippen LogP contribution in [0, 0.1) is 12.8 Å². The molecule has 1 atom stereocenters. The Labute approximate surface area is 100 Å². The van der Waals surface area contributed by atoms with Crippen molar-refractivity contribution in [2.45, 2.75) is 38.6 Å². The van der Waals surface area contributed by atoms with E-state index in [0.29, 0.717) is 0 Å². The molecule has 82 valence electrons. The van der Waals surface area contributed by atoms with Crippen LogP contribution in [0.4, 0.5) is 0 Å². The Balaban J connectivity index is 2.09. The van der Waals surface area contributed by atoms with E-state index in [-0.39, 0.29) is 6.04 Å². The normalized spacial score (nSPS) is 18.6. The maximum absolute atomic E-state index is 6.25. The largest absolute Gasteiger partial charge is 0.324 e. The Hall–Kier alpha value is -0.340. The maximum Gasteiger partial charge on any atom is 0.0308 e. The summed E-state index contributed by atoms with van der Waals surface area (Å²) < 4.78 is 1.15. The van der Waals surface area contributed by atoms with Crippen molar-refractivity contribution in [2.24, 2.45) is 11.7 Å². The lowest BCUT2D eigenvalue weighted by molar-refractivity contribution is 0.277. The standard InChI is InChI=1S/C13H18BrN/c1-9-5-6-12(14)11(7-9)13(15)8-10-3-2-4-10/h5-7,10,13H,2-4,8,15H2,1H3. The van der Waals surface area contributed by atoms with Crippen LogP contribution in [-0.4, -0.2) is 0 Å². The molecule has 2 heteroatoms. The van der Waals surface area contributed by atoms with Gasteiger partial charge in [0.2, 0.25) is 0 Å². The summed E-state index contributed by atoms with van der Waals surface area (Å²) in [7, 11) is 0. The van der Waals surface area contributed by atoms with E-state index in [0.717, 1.165) is 16.8 Å². The van der Waals surface area contributed by atoms with Crippen LogP contribution in [0.3, 0.4) is 0 Å². The second-order valence-electron chi connectivity index (χ2n) is 4.66. The van der Waals surface area contributed by atoms with Gasteiger partial charge in [0.05, 0.1) is 0 Å². The smallest absolute Gasteiger partial charge is 0.0308 e. The Morgan fingerprint density at radius 3 is 2.80 bits per heavy atom. The molecule has 0 aliphatic heterocycles. The highest BCUT2D eigenvalue weighted by atomic mass is 79.9. The van der Waals surface area contributed by atoms with Crippen molar-refractivity contribution >= 4 is 15.9 Å². The number of benzene rings is 1. The average Bonchev–Trinajstić information content (AvgIpc) is 2.15. The zero-order chi connectivity index (χ0) is 10.8. The second kappa shape index (κ2) is 4.67. The maximum atomic E-state index is 6.25. The van der Waals surface area contributed by atoms with Crippen LogP contribution < -0.4 is 5.73 Å². The van der Waals surface area contributed by atoms with Gasteiger partial charge in [-0.2, -0.15) is 0 Å². The number of rotatable bonds is 3. The van der Waals surface area contributed by atoms with Crippen LogP contribution in [-0.2, 0) is 0 Å². The zero-order valence-corrected chi connectivity index (χ0v) is 10.8. The monoisotopic (exact) mass is 267 g/mol. The molecule has 0 heterocycles. The molecule has 1 aromatic rings. The predicted molar refractivity (Wildman–Crippen MR) is 67.8 cm³/mol. The summed E-state index contributed by atoms with van der Waals surface area (Å²) in [5.74, 6) is 0.868. The molecule has 0 bridgehead atoms. The Morgan fingerprint density at radius 1 is 1.47 bits per heavy atom. The molecule has 1 saturated carbocycles. The first-order chi connectivity index (χ1) is 7.16. The van der Waals surface area contributed by atoms with Crippen molar-refractivity contribution < 1.29 is 0 Å². The van der Waals surface area contributed by atoms with Gasteiger partial charge in [0.25, 0.3) is 0 Å². The third kappa shape index (κ3) is 2.61. The van der Waals surface area contributed by atoms with Crippen molar-refractivity contribution in [1.29, 1.82) is 0 Å². The van der Waals surface area contributed by atoms with E-state index >= 15 is 0 Å². The van der Waals surface area contributed by atoms with Gasteiger partial charge in [-0.25, -0.2) is 0 Å². The molecule has 0 radical (unpaired) electrons. The third-order valence-electron chi connectivity index (χ3n) is 3.36. The van der Waals surface area contributed by atoms with Gasteiger partial charge in [0.1, 0.15) is 0 Å². The lowest BCUT2D eigenvalue weighted by atomic mass is 9.80. The zero-order valence-electron chi connectivity index (χ0n) is 9.17. The van der Waals surface area contributed by atoms with Gasteiger partial charge in [-0.3, -0.25) is 0 Å². The topological polar surface area (TPSA) is 26.0 Å². The molecule has 1 nitrogen and oxygen atoms in total. The van der Waals surface area contributed by atoms with E-state index < -0.39 is 0 Å². The molecule has 0 spiro atoms. The van der Waals surface area contributed by atoms with Crippen LogP contribution in [0.25, 0.3) is 0 Å². The summed E-state index contributed by atoms with van der Waals surface area (Å²) >= 11 is 3.58. The highest BCUT2D eigenvalue weighted by molar-refractivity contribution is 9.10. The molecule has 2 rings (SSSR count). The highest BCUT2D eigenvalue weighted by Gasteiger charge is 2.21. The fourth-order valence-electron chi connectivity index (χ4n) is 2.16. The van der Waals surface area contributed by atoms with E-state index in [9.17, 15) is 0 Å². The number of hydrogen-bond acceptors (Lipinski definition) is 1. The summed E-state index contributed by atoms with van der Waals surface area (Å²) in [5.41, 5.74) is 8.80. The van der Waals surface area contributed by atoms with E-state index in [1.54, 1.807) is 0 Å². The van der Waals surface area contributed by atoms with E-state index in [2.05, 4.69) is 41.1 Å². The summed E-state index contributed by atoms with van der Waals surface area (Å²) in [6, 6.07) is 6.62. The molecule has 1 aliphatic carbocycles. The number of nitrogens with two attached hydrogens (primary N) is 1. The molecule has 0 amide bonds. The SMILES string of the molecule is Cc1ccc(Br)c(C(N)CC2CCC2)c1. The lowest BCUT2D eigenvalue weighted by Crippen LogP contribution is -2.20. The fourth-order valence-corrected chi connectivity index (χ4v) is 2.70. The first-order valence-corrected chi connectivity index (χ1v) is 6.48. The molecule has 0 saturated heterocycles. The third-order valence-corrected chi connectivity index (χ3v) is 4.09. The van der Waals surface area contributed by atoms with Gasteiger partial charge in [-0.1, -0.05) is 52.9 Å². The Bertz CT molecular complexity index is 344. The first-order valence-electron chi connectivity index (χ1n) is 5.68. The second-order valence-corrected chi connectivity index (χ2v) is 5.52. The van der Waals surface area contributed by atoms with Crippen LogP contribution in [0.5, 0.6) is 0 Å². The Kier molecular flexibility index (Phi) is 3.47. The minimum atomic E-state index is 0.199. The molecule has 1 aromatic carbocycles. The predicted octanol–water partition coefficient (Wildman–Crippen LogP) is 3.95. The van der Waals surface area contributed by atoms with Crippen molar-refractivity contribution in [3.8, 4) is 0 Å². The minimum absolute atomic E-state index is 0.199. The minimum Gasteiger partial charge on any atom is -0.324 e. The molecule has 2 N–H and O–H groups in total. The van der Waals surface area contributed by atoms with Crippen molar-refractivity contribution in [1.82, 2.24) is 0 Å². The Morgan fingerprint density at radius 2 is 2.20 bits per heavy atom. The van der Waals surface area contributed by atoms with E-state index in [1.807, 2.05) is 0 Å². The van der Waals surface area contributed by atoms with Crippen molar-refractivity contribution in [3.63, 3.8) is 0 Å². The van der Waals surface area contributed by atoms with Crippen LogP contribution >= 0.6 is 15.9 Å². The fraction of sp³-hybridized carbons (Fsp3) is 0.538. The molecule has 15 heavy (non-hydrogen) atoms. The van der Waals surface area contributed by atoms with Gasteiger partial charge >= 0.3 is 0 Å². The number of aryl methyl sites for hydroxylation is 1. The molecule has 1 unspecified atom stereocenters. The van der Waals surface area contributed by atoms with Gasteiger partial charge in [0, 0.05) is 10.5 Å². The number of hydrogen-bond donors (Lipinski definition) is 1.